The Hall–Kier alpha value is -0.300. The van der Waals surface area contributed by atoms with Crippen molar-refractivity contribution in [2.45, 2.75) is 39.2 Å². The van der Waals surface area contributed by atoms with E-state index in [9.17, 15) is 5.11 Å². The first kappa shape index (κ1) is 8.79. The summed E-state index contributed by atoms with van der Waals surface area (Å²) in [5.41, 5.74) is 0.763. The smallest absolute Gasteiger partial charge is 0.0651 e. The maximum Gasteiger partial charge on any atom is 0.0651 e. The van der Waals surface area contributed by atoms with Gasteiger partial charge in [-0.25, -0.2) is 0 Å². The zero-order valence-corrected chi connectivity index (χ0v) is 7.72. The molecule has 3 atom stereocenters. The van der Waals surface area contributed by atoms with Crippen LogP contribution in [0.4, 0.5) is 0 Å². The predicted molar refractivity (Wildman–Crippen MR) is 47.3 cm³/mol. The van der Waals surface area contributed by atoms with Gasteiger partial charge >= 0.3 is 0 Å². The summed E-state index contributed by atoms with van der Waals surface area (Å²) in [6.07, 6.45) is 2.02. The summed E-state index contributed by atoms with van der Waals surface area (Å²) >= 11 is 0. The highest BCUT2D eigenvalue weighted by atomic mass is 16.3. The highest BCUT2D eigenvalue weighted by molar-refractivity contribution is 5.06. The molecule has 1 saturated carbocycles. The van der Waals surface area contributed by atoms with Crippen molar-refractivity contribution >= 4 is 0 Å². The van der Waals surface area contributed by atoms with E-state index < -0.39 is 5.60 Å². The summed E-state index contributed by atoms with van der Waals surface area (Å²) in [5, 5.41) is 9.84. The van der Waals surface area contributed by atoms with E-state index in [1.165, 1.54) is 5.57 Å². The summed E-state index contributed by atoms with van der Waals surface area (Å²) in [5.74, 6) is 0.907. The summed E-state index contributed by atoms with van der Waals surface area (Å²) in [7, 11) is 0. The van der Waals surface area contributed by atoms with Gasteiger partial charge in [-0.3, -0.25) is 0 Å². The number of rotatable bonds is 1. The third kappa shape index (κ3) is 1.48. The minimum absolute atomic E-state index is 0.375. The zero-order chi connectivity index (χ0) is 8.65. The normalized spacial score (nSPS) is 44.4. The lowest BCUT2D eigenvalue weighted by molar-refractivity contribution is 0.0217. The molecule has 0 radical (unpaired) electrons. The molecule has 64 valence electrons. The summed E-state index contributed by atoms with van der Waals surface area (Å²) in [4.78, 5) is 0. The maximum atomic E-state index is 9.84. The topological polar surface area (TPSA) is 20.2 Å². The van der Waals surface area contributed by atoms with E-state index in [1.807, 2.05) is 6.92 Å². The average Bonchev–Trinajstić information content (AvgIpc) is 2.09. The Morgan fingerprint density at radius 3 is 2.36 bits per heavy atom. The number of hydrogen-bond acceptors (Lipinski definition) is 1. The van der Waals surface area contributed by atoms with Gasteiger partial charge in [-0.05, 0) is 38.5 Å². The Bertz CT molecular complexity index is 170. The maximum absolute atomic E-state index is 9.84. The van der Waals surface area contributed by atoms with Crippen LogP contribution in [0.1, 0.15) is 33.6 Å². The minimum Gasteiger partial charge on any atom is -0.390 e. The molecule has 0 saturated heterocycles. The van der Waals surface area contributed by atoms with Gasteiger partial charge in [-0.1, -0.05) is 19.1 Å². The first-order valence-electron chi connectivity index (χ1n) is 4.33. The first-order valence-corrected chi connectivity index (χ1v) is 4.33. The molecule has 1 fully saturated rings. The molecule has 0 aliphatic heterocycles. The first-order chi connectivity index (χ1) is 4.95. The van der Waals surface area contributed by atoms with E-state index in [0.29, 0.717) is 11.8 Å². The second-order valence-electron chi connectivity index (χ2n) is 4.14. The highest BCUT2D eigenvalue weighted by Crippen LogP contribution is 2.42. The van der Waals surface area contributed by atoms with Gasteiger partial charge in [0, 0.05) is 0 Å². The molecular weight excluding hydrogens is 136 g/mol. The van der Waals surface area contributed by atoms with E-state index in [0.717, 1.165) is 12.8 Å². The van der Waals surface area contributed by atoms with Crippen LogP contribution in [0.3, 0.4) is 0 Å². The fourth-order valence-corrected chi connectivity index (χ4v) is 2.03. The Morgan fingerprint density at radius 2 is 2.18 bits per heavy atom. The Balaban J connectivity index is 2.71. The lowest BCUT2D eigenvalue weighted by Gasteiger charge is -2.25. The lowest BCUT2D eigenvalue weighted by atomic mass is 9.86. The molecule has 0 spiro atoms. The highest BCUT2D eigenvalue weighted by Gasteiger charge is 2.40. The van der Waals surface area contributed by atoms with Crippen molar-refractivity contribution < 1.29 is 5.11 Å². The largest absolute Gasteiger partial charge is 0.390 e. The van der Waals surface area contributed by atoms with Crippen molar-refractivity contribution in [3.05, 3.63) is 12.2 Å². The number of hydrogen-bond donors (Lipinski definition) is 1. The molecule has 1 N–H and O–H groups in total. The van der Waals surface area contributed by atoms with Gasteiger partial charge in [-0.2, -0.15) is 0 Å². The molecule has 1 aliphatic rings. The van der Waals surface area contributed by atoms with Crippen LogP contribution in [0, 0.1) is 11.8 Å². The third-order valence-electron chi connectivity index (χ3n) is 3.18. The van der Waals surface area contributed by atoms with Gasteiger partial charge in [0.05, 0.1) is 5.60 Å². The van der Waals surface area contributed by atoms with Crippen LogP contribution in [0.25, 0.3) is 0 Å². The Kier molecular flexibility index (Phi) is 2.10. The van der Waals surface area contributed by atoms with Crippen molar-refractivity contribution in [3.63, 3.8) is 0 Å². The summed E-state index contributed by atoms with van der Waals surface area (Å²) in [6, 6.07) is 0. The van der Waals surface area contributed by atoms with Crippen molar-refractivity contribution in [2.75, 3.05) is 0 Å². The van der Waals surface area contributed by atoms with Crippen molar-refractivity contribution in [3.8, 4) is 0 Å². The monoisotopic (exact) mass is 154 g/mol. The number of aliphatic hydroxyl groups is 1. The Morgan fingerprint density at radius 1 is 1.64 bits per heavy atom. The minimum atomic E-state index is -0.455. The van der Waals surface area contributed by atoms with Crippen LogP contribution in [-0.4, -0.2) is 10.7 Å². The predicted octanol–water partition coefficient (Wildman–Crippen LogP) is 2.36. The molecule has 0 aromatic carbocycles. The van der Waals surface area contributed by atoms with Gasteiger partial charge in [0.15, 0.2) is 0 Å². The molecule has 0 aromatic rings. The SMILES string of the molecule is C=C(C)C1CCC(C)(O)C1C. The van der Waals surface area contributed by atoms with Crippen molar-refractivity contribution in [1.29, 1.82) is 0 Å². The van der Waals surface area contributed by atoms with Crippen LogP contribution in [0.15, 0.2) is 12.2 Å². The second-order valence-corrected chi connectivity index (χ2v) is 4.14. The van der Waals surface area contributed by atoms with Crippen LogP contribution in [0.5, 0.6) is 0 Å². The zero-order valence-electron chi connectivity index (χ0n) is 7.72. The fourth-order valence-electron chi connectivity index (χ4n) is 2.03. The quantitative estimate of drug-likeness (QED) is 0.575. The van der Waals surface area contributed by atoms with Crippen molar-refractivity contribution in [2.24, 2.45) is 11.8 Å². The molecule has 0 heterocycles. The van der Waals surface area contributed by atoms with Gasteiger partial charge < -0.3 is 5.11 Å². The van der Waals surface area contributed by atoms with Crippen LogP contribution >= 0.6 is 0 Å². The van der Waals surface area contributed by atoms with Crippen LogP contribution < -0.4 is 0 Å². The molecule has 0 bridgehead atoms. The Labute approximate surface area is 69.1 Å². The van der Waals surface area contributed by atoms with Crippen LogP contribution in [-0.2, 0) is 0 Å². The van der Waals surface area contributed by atoms with E-state index in [4.69, 9.17) is 0 Å². The second kappa shape index (κ2) is 2.63. The molecule has 1 aliphatic carbocycles. The fraction of sp³-hybridized carbons (Fsp3) is 0.800. The van der Waals surface area contributed by atoms with Crippen LogP contribution in [0.2, 0.25) is 0 Å². The third-order valence-corrected chi connectivity index (χ3v) is 3.18. The summed E-state index contributed by atoms with van der Waals surface area (Å²) in [6.45, 7) is 10.0. The van der Waals surface area contributed by atoms with Crippen molar-refractivity contribution in [1.82, 2.24) is 0 Å². The van der Waals surface area contributed by atoms with Gasteiger partial charge in [-0.15, -0.1) is 0 Å². The molecule has 11 heavy (non-hydrogen) atoms. The van der Waals surface area contributed by atoms with Gasteiger partial charge in [0.25, 0.3) is 0 Å². The molecule has 1 rings (SSSR count). The average molecular weight is 154 g/mol. The lowest BCUT2D eigenvalue weighted by Crippen LogP contribution is -2.29. The van der Waals surface area contributed by atoms with Gasteiger partial charge in [0.2, 0.25) is 0 Å². The van der Waals surface area contributed by atoms with E-state index >= 15 is 0 Å². The molecule has 1 nitrogen and oxygen atoms in total. The molecule has 0 amide bonds. The molecule has 3 unspecified atom stereocenters. The van der Waals surface area contributed by atoms with E-state index in [1.54, 1.807) is 0 Å². The van der Waals surface area contributed by atoms with Gasteiger partial charge in [0.1, 0.15) is 0 Å². The van der Waals surface area contributed by atoms with E-state index in [2.05, 4.69) is 20.4 Å². The van der Waals surface area contributed by atoms with E-state index in [-0.39, 0.29) is 0 Å². The molecule has 1 heteroatoms. The molecular formula is C10H18O. The standard InChI is InChI=1S/C10H18O/c1-7(2)9-5-6-10(4,11)8(9)3/h8-9,11H,1,5-6H2,2-4H3. The summed E-state index contributed by atoms with van der Waals surface area (Å²) < 4.78 is 0. The molecule has 0 aromatic heterocycles. The number of allylic oxidation sites excluding steroid dienone is 1.